The monoisotopic (exact) mass is 271 g/mol. The number of nitrogens with one attached hydrogen (secondary N) is 2. The fraction of sp³-hybridized carbons (Fsp3) is 0.133. The van der Waals surface area contributed by atoms with E-state index < -0.39 is 0 Å². The summed E-state index contributed by atoms with van der Waals surface area (Å²) in [6.45, 7) is 2.57. The van der Waals surface area contributed by atoms with Crippen LogP contribution in [0, 0.1) is 5.82 Å². The Morgan fingerprint density at radius 1 is 1.20 bits per heavy atom. The van der Waals surface area contributed by atoms with Crippen LogP contribution in [0.25, 0.3) is 11.0 Å². The van der Waals surface area contributed by atoms with Crippen LogP contribution in [0.15, 0.2) is 42.5 Å². The molecule has 2 aromatic carbocycles. The van der Waals surface area contributed by atoms with E-state index in [2.05, 4.69) is 15.3 Å². The first-order valence-corrected chi connectivity index (χ1v) is 6.40. The third kappa shape index (κ3) is 2.42. The first-order chi connectivity index (χ1) is 9.76. The van der Waals surface area contributed by atoms with Crippen LogP contribution in [0.5, 0.6) is 5.75 Å². The fourth-order valence-electron chi connectivity index (χ4n) is 1.99. The molecule has 0 saturated heterocycles. The van der Waals surface area contributed by atoms with Gasteiger partial charge in [-0.15, -0.1) is 0 Å². The van der Waals surface area contributed by atoms with E-state index in [1.165, 1.54) is 6.07 Å². The van der Waals surface area contributed by atoms with Crippen LogP contribution in [0.2, 0.25) is 0 Å². The molecule has 0 aliphatic carbocycles. The topological polar surface area (TPSA) is 49.9 Å². The van der Waals surface area contributed by atoms with Crippen molar-refractivity contribution in [3.63, 3.8) is 0 Å². The summed E-state index contributed by atoms with van der Waals surface area (Å²) < 4.78 is 18.9. The molecule has 0 fully saturated rings. The largest absolute Gasteiger partial charge is 0.494 e. The quantitative estimate of drug-likeness (QED) is 0.758. The van der Waals surface area contributed by atoms with Crippen molar-refractivity contribution in [1.29, 1.82) is 0 Å². The van der Waals surface area contributed by atoms with Gasteiger partial charge in [-0.2, -0.15) is 0 Å². The van der Waals surface area contributed by atoms with Crippen LogP contribution in [0.4, 0.5) is 16.0 Å². The summed E-state index contributed by atoms with van der Waals surface area (Å²) in [4.78, 5) is 7.22. The maximum Gasteiger partial charge on any atom is 0.205 e. The van der Waals surface area contributed by atoms with Crippen molar-refractivity contribution in [1.82, 2.24) is 9.97 Å². The van der Waals surface area contributed by atoms with Gasteiger partial charge in [-0.05, 0) is 43.3 Å². The molecule has 1 aromatic heterocycles. The zero-order chi connectivity index (χ0) is 13.9. The lowest BCUT2D eigenvalue weighted by atomic mass is 10.3. The molecule has 3 aromatic rings. The number of benzene rings is 2. The SMILES string of the molecule is CCOc1ccc(Nc2nc3c(F)cccc3[nH]2)cc1. The van der Waals surface area contributed by atoms with Crippen molar-refractivity contribution >= 4 is 22.7 Å². The van der Waals surface area contributed by atoms with Gasteiger partial charge in [0.15, 0.2) is 5.82 Å². The zero-order valence-electron chi connectivity index (χ0n) is 11.0. The fourth-order valence-corrected chi connectivity index (χ4v) is 1.99. The van der Waals surface area contributed by atoms with E-state index in [9.17, 15) is 4.39 Å². The molecule has 5 heteroatoms. The lowest BCUT2D eigenvalue weighted by Crippen LogP contribution is -1.94. The van der Waals surface area contributed by atoms with Crippen molar-refractivity contribution in [2.24, 2.45) is 0 Å². The highest BCUT2D eigenvalue weighted by atomic mass is 19.1. The predicted molar refractivity (Wildman–Crippen MR) is 76.9 cm³/mol. The second-order valence-corrected chi connectivity index (χ2v) is 4.30. The molecule has 0 aliphatic heterocycles. The highest BCUT2D eigenvalue weighted by Gasteiger charge is 2.06. The maximum atomic E-state index is 13.5. The van der Waals surface area contributed by atoms with E-state index in [0.29, 0.717) is 23.6 Å². The Morgan fingerprint density at radius 3 is 2.70 bits per heavy atom. The summed E-state index contributed by atoms with van der Waals surface area (Å²) in [5.74, 6) is 0.987. The van der Waals surface area contributed by atoms with E-state index >= 15 is 0 Å². The normalized spacial score (nSPS) is 10.7. The number of halogens is 1. The van der Waals surface area contributed by atoms with Crippen LogP contribution in [0.1, 0.15) is 6.92 Å². The molecule has 0 unspecified atom stereocenters. The lowest BCUT2D eigenvalue weighted by molar-refractivity contribution is 0.340. The molecule has 0 bridgehead atoms. The number of para-hydroxylation sites is 1. The zero-order valence-corrected chi connectivity index (χ0v) is 11.0. The van der Waals surface area contributed by atoms with Crippen molar-refractivity contribution in [2.75, 3.05) is 11.9 Å². The summed E-state index contributed by atoms with van der Waals surface area (Å²) in [5, 5.41) is 3.10. The van der Waals surface area contributed by atoms with Crippen LogP contribution in [-0.2, 0) is 0 Å². The molecule has 0 radical (unpaired) electrons. The standard InChI is InChI=1S/C15H14FN3O/c1-2-20-11-8-6-10(7-9-11)17-15-18-13-5-3-4-12(16)14(13)19-15/h3-9H,2H2,1H3,(H2,17,18,19). The molecule has 0 atom stereocenters. The number of hydrogen-bond acceptors (Lipinski definition) is 3. The van der Waals surface area contributed by atoms with Crippen LogP contribution >= 0.6 is 0 Å². The highest BCUT2D eigenvalue weighted by Crippen LogP contribution is 2.22. The second-order valence-electron chi connectivity index (χ2n) is 4.30. The Labute approximate surface area is 115 Å². The van der Waals surface area contributed by atoms with Gasteiger partial charge in [-0.1, -0.05) is 6.07 Å². The van der Waals surface area contributed by atoms with Gasteiger partial charge >= 0.3 is 0 Å². The summed E-state index contributed by atoms with van der Waals surface area (Å²) in [6.07, 6.45) is 0. The van der Waals surface area contributed by atoms with E-state index in [0.717, 1.165) is 11.4 Å². The number of H-pyrrole nitrogens is 1. The van der Waals surface area contributed by atoms with E-state index in [1.54, 1.807) is 12.1 Å². The molecule has 20 heavy (non-hydrogen) atoms. The lowest BCUT2D eigenvalue weighted by Gasteiger charge is -2.05. The maximum absolute atomic E-state index is 13.5. The van der Waals surface area contributed by atoms with Gasteiger partial charge in [-0.3, -0.25) is 0 Å². The molecular formula is C15H14FN3O. The Hall–Kier alpha value is -2.56. The number of fused-ring (bicyclic) bond motifs is 1. The molecule has 0 saturated carbocycles. The molecule has 0 amide bonds. The molecule has 4 nitrogen and oxygen atoms in total. The van der Waals surface area contributed by atoms with Gasteiger partial charge in [-0.25, -0.2) is 9.37 Å². The van der Waals surface area contributed by atoms with Crippen molar-refractivity contribution in [3.05, 3.63) is 48.3 Å². The van der Waals surface area contributed by atoms with Gasteiger partial charge in [0.2, 0.25) is 5.95 Å². The second kappa shape index (κ2) is 5.21. The number of anilines is 2. The number of aromatic nitrogens is 2. The third-order valence-electron chi connectivity index (χ3n) is 2.89. The number of nitrogens with zero attached hydrogens (tertiary/aromatic N) is 1. The minimum atomic E-state index is -0.335. The Kier molecular flexibility index (Phi) is 3.25. The Morgan fingerprint density at radius 2 is 2.00 bits per heavy atom. The van der Waals surface area contributed by atoms with Crippen molar-refractivity contribution in [3.8, 4) is 5.75 Å². The van der Waals surface area contributed by atoms with Gasteiger partial charge in [0.05, 0.1) is 12.1 Å². The van der Waals surface area contributed by atoms with E-state index in [-0.39, 0.29) is 5.82 Å². The first kappa shape index (κ1) is 12.5. The summed E-state index contributed by atoms with van der Waals surface area (Å²) in [6, 6.07) is 12.3. The average molecular weight is 271 g/mol. The molecule has 2 N–H and O–H groups in total. The molecule has 1 heterocycles. The van der Waals surface area contributed by atoms with Gasteiger partial charge in [0, 0.05) is 5.69 Å². The number of aromatic amines is 1. The summed E-state index contributed by atoms with van der Waals surface area (Å²) in [5.41, 5.74) is 1.85. The molecule has 3 rings (SSSR count). The van der Waals surface area contributed by atoms with E-state index in [1.807, 2.05) is 31.2 Å². The van der Waals surface area contributed by atoms with E-state index in [4.69, 9.17) is 4.74 Å². The molecule has 102 valence electrons. The Balaban J connectivity index is 1.83. The third-order valence-corrected chi connectivity index (χ3v) is 2.89. The summed E-state index contributed by atoms with van der Waals surface area (Å²) >= 11 is 0. The van der Waals surface area contributed by atoms with Gasteiger partial charge in [0.25, 0.3) is 0 Å². The number of imidazole rings is 1. The average Bonchev–Trinajstić information content (AvgIpc) is 2.85. The van der Waals surface area contributed by atoms with Crippen molar-refractivity contribution < 1.29 is 9.13 Å². The number of rotatable bonds is 4. The van der Waals surface area contributed by atoms with Crippen molar-refractivity contribution in [2.45, 2.75) is 6.92 Å². The first-order valence-electron chi connectivity index (χ1n) is 6.40. The van der Waals surface area contributed by atoms with Gasteiger partial charge in [0.1, 0.15) is 11.3 Å². The highest BCUT2D eigenvalue weighted by molar-refractivity contribution is 5.78. The Bertz CT molecular complexity index is 722. The molecular weight excluding hydrogens is 257 g/mol. The predicted octanol–water partition coefficient (Wildman–Crippen LogP) is 3.84. The van der Waals surface area contributed by atoms with Crippen LogP contribution < -0.4 is 10.1 Å². The van der Waals surface area contributed by atoms with Crippen LogP contribution in [0.3, 0.4) is 0 Å². The van der Waals surface area contributed by atoms with Gasteiger partial charge < -0.3 is 15.0 Å². The van der Waals surface area contributed by atoms with Crippen LogP contribution in [-0.4, -0.2) is 16.6 Å². The molecule has 0 spiro atoms. The minimum absolute atomic E-state index is 0.334. The minimum Gasteiger partial charge on any atom is -0.494 e. The summed E-state index contributed by atoms with van der Waals surface area (Å²) in [7, 11) is 0. The number of ether oxygens (including phenoxy) is 1. The molecule has 0 aliphatic rings. The number of hydrogen-bond donors (Lipinski definition) is 2. The smallest absolute Gasteiger partial charge is 0.205 e.